The molecule has 3 atom stereocenters. The first-order valence-corrected chi connectivity index (χ1v) is 7.85. The van der Waals surface area contributed by atoms with Gasteiger partial charge in [0, 0.05) is 12.1 Å². The van der Waals surface area contributed by atoms with Gasteiger partial charge in [0.05, 0.1) is 0 Å². The van der Waals surface area contributed by atoms with Crippen molar-refractivity contribution in [3.8, 4) is 0 Å². The Morgan fingerprint density at radius 3 is 2.35 bits per heavy atom. The standard InChI is InChI=1S/C17H25F2N/c1-3-12-7-5-6-8-16(12)17(20-4-2)13-9-14(18)11-15(19)10-13/h9-12,16-17,20H,3-8H2,1-2H3. The molecule has 1 N–H and O–H groups in total. The molecule has 1 aromatic rings. The van der Waals surface area contributed by atoms with Crippen LogP contribution in [0.1, 0.15) is 57.6 Å². The van der Waals surface area contributed by atoms with E-state index >= 15 is 0 Å². The molecule has 1 aliphatic rings. The minimum Gasteiger partial charge on any atom is -0.310 e. The highest BCUT2D eigenvalue weighted by atomic mass is 19.1. The lowest BCUT2D eigenvalue weighted by Crippen LogP contribution is -2.34. The van der Waals surface area contributed by atoms with Gasteiger partial charge in [0.2, 0.25) is 0 Å². The maximum absolute atomic E-state index is 13.5. The van der Waals surface area contributed by atoms with E-state index in [1.165, 1.54) is 31.4 Å². The molecule has 1 fully saturated rings. The summed E-state index contributed by atoms with van der Waals surface area (Å²) in [6.07, 6.45) is 6.03. The summed E-state index contributed by atoms with van der Waals surface area (Å²) in [6, 6.07) is 3.98. The molecule has 2 rings (SSSR count). The second-order valence-electron chi connectivity index (χ2n) is 5.85. The quantitative estimate of drug-likeness (QED) is 0.815. The van der Waals surface area contributed by atoms with Crippen LogP contribution in [0.2, 0.25) is 0 Å². The van der Waals surface area contributed by atoms with Crippen LogP contribution >= 0.6 is 0 Å². The Hall–Kier alpha value is -0.960. The zero-order valence-corrected chi connectivity index (χ0v) is 12.5. The minimum atomic E-state index is -0.480. The third-order valence-electron chi connectivity index (χ3n) is 4.59. The SMILES string of the molecule is CCNC(c1cc(F)cc(F)c1)C1CCCCC1CC. The monoisotopic (exact) mass is 281 g/mol. The molecule has 1 aromatic carbocycles. The first kappa shape index (κ1) is 15.4. The van der Waals surface area contributed by atoms with Gasteiger partial charge in [-0.15, -0.1) is 0 Å². The molecule has 3 heteroatoms. The number of hydrogen-bond donors (Lipinski definition) is 1. The van der Waals surface area contributed by atoms with Crippen LogP contribution < -0.4 is 5.32 Å². The second kappa shape index (κ2) is 7.16. The lowest BCUT2D eigenvalue weighted by molar-refractivity contribution is 0.176. The predicted molar refractivity (Wildman–Crippen MR) is 78.5 cm³/mol. The van der Waals surface area contributed by atoms with E-state index in [4.69, 9.17) is 0 Å². The molecular formula is C17H25F2N. The molecule has 1 saturated carbocycles. The zero-order chi connectivity index (χ0) is 14.5. The highest BCUT2D eigenvalue weighted by molar-refractivity contribution is 5.22. The van der Waals surface area contributed by atoms with Crippen molar-refractivity contribution >= 4 is 0 Å². The molecule has 1 aliphatic carbocycles. The number of benzene rings is 1. The van der Waals surface area contributed by atoms with Gasteiger partial charge in [-0.3, -0.25) is 0 Å². The van der Waals surface area contributed by atoms with Crippen molar-refractivity contribution in [3.63, 3.8) is 0 Å². The Kier molecular flexibility index (Phi) is 5.53. The van der Waals surface area contributed by atoms with Crippen LogP contribution in [0.5, 0.6) is 0 Å². The Bertz CT molecular complexity index is 413. The van der Waals surface area contributed by atoms with Crippen LogP contribution in [0.15, 0.2) is 18.2 Å². The van der Waals surface area contributed by atoms with Crippen LogP contribution in [0.25, 0.3) is 0 Å². The summed E-state index contributed by atoms with van der Waals surface area (Å²) >= 11 is 0. The molecular weight excluding hydrogens is 256 g/mol. The molecule has 0 saturated heterocycles. The molecule has 0 amide bonds. The van der Waals surface area contributed by atoms with Gasteiger partial charge >= 0.3 is 0 Å². The number of nitrogens with one attached hydrogen (secondary N) is 1. The van der Waals surface area contributed by atoms with Crippen molar-refractivity contribution in [2.24, 2.45) is 11.8 Å². The molecule has 0 aromatic heterocycles. The van der Waals surface area contributed by atoms with E-state index in [-0.39, 0.29) is 6.04 Å². The first-order chi connectivity index (χ1) is 9.65. The van der Waals surface area contributed by atoms with Crippen molar-refractivity contribution in [1.29, 1.82) is 0 Å². The summed E-state index contributed by atoms with van der Waals surface area (Å²) in [7, 11) is 0. The molecule has 0 spiro atoms. The van der Waals surface area contributed by atoms with Crippen LogP contribution in [-0.4, -0.2) is 6.54 Å². The maximum Gasteiger partial charge on any atom is 0.126 e. The maximum atomic E-state index is 13.5. The highest BCUT2D eigenvalue weighted by Crippen LogP contribution is 2.40. The Balaban J connectivity index is 2.28. The van der Waals surface area contributed by atoms with Crippen molar-refractivity contribution in [2.75, 3.05) is 6.54 Å². The Morgan fingerprint density at radius 2 is 1.75 bits per heavy atom. The normalized spacial score (nSPS) is 24.6. The van der Waals surface area contributed by atoms with E-state index in [2.05, 4.69) is 12.2 Å². The molecule has 0 radical (unpaired) electrons. The summed E-state index contributed by atoms with van der Waals surface area (Å²) in [4.78, 5) is 0. The summed E-state index contributed by atoms with van der Waals surface area (Å²) in [5.41, 5.74) is 0.759. The van der Waals surface area contributed by atoms with E-state index in [9.17, 15) is 8.78 Å². The smallest absolute Gasteiger partial charge is 0.126 e. The van der Waals surface area contributed by atoms with Gasteiger partial charge in [-0.25, -0.2) is 8.78 Å². The highest BCUT2D eigenvalue weighted by Gasteiger charge is 2.31. The summed E-state index contributed by atoms with van der Waals surface area (Å²) < 4.78 is 27.0. The van der Waals surface area contributed by atoms with E-state index in [0.29, 0.717) is 11.8 Å². The fourth-order valence-electron chi connectivity index (χ4n) is 3.67. The second-order valence-corrected chi connectivity index (χ2v) is 5.85. The Labute approximate surface area is 120 Å². The van der Waals surface area contributed by atoms with E-state index in [0.717, 1.165) is 31.0 Å². The van der Waals surface area contributed by atoms with Crippen molar-refractivity contribution in [2.45, 2.75) is 52.0 Å². The van der Waals surface area contributed by atoms with E-state index in [1.807, 2.05) is 6.92 Å². The Morgan fingerprint density at radius 1 is 1.10 bits per heavy atom. The van der Waals surface area contributed by atoms with Crippen molar-refractivity contribution < 1.29 is 8.78 Å². The zero-order valence-electron chi connectivity index (χ0n) is 12.5. The molecule has 20 heavy (non-hydrogen) atoms. The fourth-order valence-corrected chi connectivity index (χ4v) is 3.67. The van der Waals surface area contributed by atoms with E-state index < -0.39 is 11.6 Å². The van der Waals surface area contributed by atoms with Crippen molar-refractivity contribution in [1.82, 2.24) is 5.32 Å². The molecule has 112 valence electrons. The molecule has 0 bridgehead atoms. The van der Waals surface area contributed by atoms with Crippen LogP contribution in [0.4, 0.5) is 8.78 Å². The molecule has 1 nitrogen and oxygen atoms in total. The van der Waals surface area contributed by atoms with E-state index in [1.54, 1.807) is 0 Å². The summed E-state index contributed by atoms with van der Waals surface area (Å²) in [5, 5.41) is 3.45. The number of rotatable bonds is 5. The molecule has 0 aliphatic heterocycles. The summed E-state index contributed by atoms with van der Waals surface area (Å²) in [5.74, 6) is 0.174. The van der Waals surface area contributed by atoms with Gasteiger partial charge in [-0.1, -0.05) is 39.5 Å². The van der Waals surface area contributed by atoms with Crippen LogP contribution in [0, 0.1) is 23.5 Å². The van der Waals surface area contributed by atoms with Gasteiger partial charge in [-0.2, -0.15) is 0 Å². The molecule has 0 heterocycles. The topological polar surface area (TPSA) is 12.0 Å². The van der Waals surface area contributed by atoms with Gasteiger partial charge in [-0.05, 0) is 42.5 Å². The lowest BCUT2D eigenvalue weighted by Gasteiger charge is -2.37. The summed E-state index contributed by atoms with van der Waals surface area (Å²) in [6.45, 7) is 5.08. The van der Waals surface area contributed by atoms with Crippen molar-refractivity contribution in [3.05, 3.63) is 35.4 Å². The number of halogens is 2. The lowest BCUT2D eigenvalue weighted by atomic mass is 9.72. The third kappa shape index (κ3) is 3.57. The third-order valence-corrected chi connectivity index (χ3v) is 4.59. The fraction of sp³-hybridized carbons (Fsp3) is 0.647. The average molecular weight is 281 g/mol. The van der Waals surface area contributed by atoms with Gasteiger partial charge in [0.15, 0.2) is 0 Å². The van der Waals surface area contributed by atoms with Gasteiger partial charge < -0.3 is 5.32 Å². The van der Waals surface area contributed by atoms with Crippen LogP contribution in [0.3, 0.4) is 0 Å². The largest absolute Gasteiger partial charge is 0.310 e. The minimum absolute atomic E-state index is 0.0652. The first-order valence-electron chi connectivity index (χ1n) is 7.85. The van der Waals surface area contributed by atoms with Crippen LogP contribution in [-0.2, 0) is 0 Å². The average Bonchev–Trinajstić information content (AvgIpc) is 2.43. The number of hydrogen-bond acceptors (Lipinski definition) is 1. The molecule has 3 unspecified atom stereocenters. The predicted octanol–water partition coefficient (Wildman–Crippen LogP) is 4.83. The van der Waals surface area contributed by atoms with Gasteiger partial charge in [0.1, 0.15) is 11.6 Å². The van der Waals surface area contributed by atoms with Gasteiger partial charge in [0.25, 0.3) is 0 Å².